The fourth-order valence-electron chi connectivity index (χ4n) is 2.39. The van der Waals surface area contributed by atoms with Crippen LogP contribution in [0.25, 0.3) is 0 Å². The van der Waals surface area contributed by atoms with Crippen molar-refractivity contribution in [3.8, 4) is 5.75 Å². The minimum atomic E-state index is -0.148. The molecular weight excluding hydrogens is 212 g/mol. The van der Waals surface area contributed by atoms with Crippen LogP contribution >= 0.6 is 11.6 Å². The molecule has 82 valence electrons. The van der Waals surface area contributed by atoms with Gasteiger partial charge in [-0.3, -0.25) is 0 Å². The molecule has 0 aliphatic heterocycles. The molecule has 15 heavy (non-hydrogen) atoms. The Kier molecular flexibility index (Phi) is 2.89. The first-order valence-corrected chi connectivity index (χ1v) is 5.67. The number of aliphatic hydroxyl groups excluding tert-OH is 1. The second-order valence-corrected chi connectivity index (χ2v) is 4.47. The van der Waals surface area contributed by atoms with E-state index in [-0.39, 0.29) is 12.4 Å². The van der Waals surface area contributed by atoms with Crippen molar-refractivity contribution in [2.24, 2.45) is 0 Å². The molecule has 2 rings (SSSR count). The van der Waals surface area contributed by atoms with E-state index in [4.69, 9.17) is 11.6 Å². The average molecular weight is 227 g/mol. The number of aliphatic hydroxyl groups is 1. The summed E-state index contributed by atoms with van der Waals surface area (Å²) in [5.74, 6) is 0.0670. The van der Waals surface area contributed by atoms with Crippen LogP contribution in [0.15, 0.2) is 0 Å². The van der Waals surface area contributed by atoms with Crippen molar-refractivity contribution >= 4 is 11.6 Å². The van der Waals surface area contributed by atoms with E-state index in [1.54, 1.807) is 0 Å². The molecule has 0 aromatic heterocycles. The predicted molar refractivity (Wildman–Crippen MR) is 60.4 cm³/mol. The minimum absolute atomic E-state index is 0.0670. The van der Waals surface area contributed by atoms with E-state index in [9.17, 15) is 10.2 Å². The fraction of sp³-hybridized carbons (Fsp3) is 0.500. The highest BCUT2D eigenvalue weighted by Crippen LogP contribution is 2.40. The Bertz CT molecular complexity index is 399. The number of hydrogen-bond acceptors (Lipinski definition) is 2. The summed E-state index contributed by atoms with van der Waals surface area (Å²) in [7, 11) is 0. The summed E-state index contributed by atoms with van der Waals surface area (Å²) in [4.78, 5) is 0. The van der Waals surface area contributed by atoms with E-state index in [1.807, 2.05) is 6.92 Å². The molecule has 0 unspecified atom stereocenters. The van der Waals surface area contributed by atoms with Crippen molar-refractivity contribution in [1.82, 2.24) is 0 Å². The maximum absolute atomic E-state index is 9.84. The third-order valence-corrected chi connectivity index (χ3v) is 3.70. The zero-order valence-electron chi connectivity index (χ0n) is 8.81. The lowest BCUT2D eigenvalue weighted by atomic mass is 9.86. The Balaban J connectivity index is 2.69. The first-order valence-electron chi connectivity index (χ1n) is 5.29. The number of phenols is 1. The first kappa shape index (κ1) is 10.8. The molecule has 0 atom stereocenters. The van der Waals surface area contributed by atoms with Crippen LogP contribution < -0.4 is 0 Å². The van der Waals surface area contributed by atoms with Crippen molar-refractivity contribution in [3.05, 3.63) is 27.3 Å². The Morgan fingerprint density at radius 2 is 1.80 bits per heavy atom. The van der Waals surface area contributed by atoms with Gasteiger partial charge in [-0.15, -0.1) is 0 Å². The van der Waals surface area contributed by atoms with Gasteiger partial charge in [-0.25, -0.2) is 0 Å². The van der Waals surface area contributed by atoms with Crippen molar-refractivity contribution in [2.45, 2.75) is 39.2 Å². The summed E-state index contributed by atoms with van der Waals surface area (Å²) in [5.41, 5.74) is 3.90. The largest absolute Gasteiger partial charge is 0.506 e. The Morgan fingerprint density at radius 1 is 1.20 bits per heavy atom. The summed E-state index contributed by atoms with van der Waals surface area (Å²) < 4.78 is 0. The van der Waals surface area contributed by atoms with E-state index < -0.39 is 0 Å². The normalized spacial score (nSPS) is 15.1. The van der Waals surface area contributed by atoms with Gasteiger partial charge in [0.2, 0.25) is 0 Å². The van der Waals surface area contributed by atoms with E-state index in [2.05, 4.69) is 0 Å². The quantitative estimate of drug-likeness (QED) is 0.773. The Hall–Kier alpha value is -0.730. The number of aromatic hydroxyl groups is 1. The van der Waals surface area contributed by atoms with Crippen molar-refractivity contribution < 1.29 is 10.2 Å². The lowest BCUT2D eigenvalue weighted by molar-refractivity contribution is 0.274. The van der Waals surface area contributed by atoms with Gasteiger partial charge in [0.25, 0.3) is 0 Å². The van der Waals surface area contributed by atoms with Crippen molar-refractivity contribution in [1.29, 1.82) is 0 Å². The third kappa shape index (κ3) is 1.62. The molecule has 1 aromatic carbocycles. The SMILES string of the molecule is Cc1c(CO)c(O)c(Cl)c2c1CCCC2. The van der Waals surface area contributed by atoms with Gasteiger partial charge in [0.15, 0.2) is 0 Å². The monoisotopic (exact) mass is 226 g/mol. The number of fused-ring (bicyclic) bond motifs is 1. The molecule has 1 aliphatic rings. The number of hydrogen-bond donors (Lipinski definition) is 2. The van der Waals surface area contributed by atoms with Crippen LogP contribution in [0.1, 0.15) is 35.1 Å². The molecule has 3 heteroatoms. The van der Waals surface area contributed by atoms with Crippen LogP contribution in [0.2, 0.25) is 5.02 Å². The molecule has 0 spiro atoms. The van der Waals surface area contributed by atoms with Gasteiger partial charge in [0.05, 0.1) is 11.6 Å². The predicted octanol–water partition coefficient (Wildman–Crippen LogP) is 2.73. The molecule has 0 bridgehead atoms. The molecular formula is C12H15ClO2. The van der Waals surface area contributed by atoms with E-state index >= 15 is 0 Å². The molecule has 0 fully saturated rings. The summed E-state index contributed by atoms with van der Waals surface area (Å²) >= 11 is 6.11. The van der Waals surface area contributed by atoms with Crippen LogP contribution in [0.3, 0.4) is 0 Å². The lowest BCUT2D eigenvalue weighted by Crippen LogP contribution is -2.08. The number of halogens is 1. The topological polar surface area (TPSA) is 40.5 Å². The fourth-order valence-corrected chi connectivity index (χ4v) is 2.71. The highest BCUT2D eigenvalue weighted by molar-refractivity contribution is 6.33. The lowest BCUT2D eigenvalue weighted by Gasteiger charge is -2.22. The Morgan fingerprint density at radius 3 is 2.40 bits per heavy atom. The maximum atomic E-state index is 9.84. The highest BCUT2D eigenvalue weighted by atomic mass is 35.5. The summed E-state index contributed by atoms with van der Waals surface area (Å²) in [6.07, 6.45) is 4.24. The van der Waals surface area contributed by atoms with Gasteiger partial charge >= 0.3 is 0 Å². The van der Waals surface area contributed by atoms with E-state index in [1.165, 1.54) is 12.0 Å². The third-order valence-electron chi connectivity index (χ3n) is 3.29. The second-order valence-electron chi connectivity index (χ2n) is 4.09. The van der Waals surface area contributed by atoms with Gasteiger partial charge in [0, 0.05) is 5.56 Å². The Labute approximate surface area is 94.5 Å². The summed E-state index contributed by atoms with van der Waals surface area (Å²) in [5, 5.41) is 19.5. The molecule has 0 radical (unpaired) electrons. The van der Waals surface area contributed by atoms with Crippen LogP contribution in [0.4, 0.5) is 0 Å². The molecule has 2 nitrogen and oxygen atoms in total. The standard InChI is InChI=1S/C12H15ClO2/c1-7-8-4-2-3-5-9(8)11(13)12(15)10(7)6-14/h14-15H,2-6H2,1H3. The van der Waals surface area contributed by atoms with Gasteiger partial charge in [0.1, 0.15) is 5.75 Å². The van der Waals surface area contributed by atoms with Crippen molar-refractivity contribution in [3.63, 3.8) is 0 Å². The van der Waals surface area contributed by atoms with Gasteiger partial charge in [-0.2, -0.15) is 0 Å². The molecule has 0 saturated carbocycles. The minimum Gasteiger partial charge on any atom is -0.506 e. The van der Waals surface area contributed by atoms with Crippen molar-refractivity contribution in [2.75, 3.05) is 0 Å². The number of benzene rings is 1. The first-order chi connectivity index (χ1) is 7.16. The average Bonchev–Trinajstić information content (AvgIpc) is 2.27. The van der Waals surface area contributed by atoms with E-state index in [0.29, 0.717) is 10.6 Å². The zero-order chi connectivity index (χ0) is 11.0. The van der Waals surface area contributed by atoms with Crippen LogP contribution in [0, 0.1) is 6.92 Å². The maximum Gasteiger partial charge on any atom is 0.140 e. The second kappa shape index (κ2) is 4.03. The molecule has 0 amide bonds. The molecule has 0 heterocycles. The molecule has 2 N–H and O–H groups in total. The zero-order valence-corrected chi connectivity index (χ0v) is 9.56. The smallest absolute Gasteiger partial charge is 0.140 e. The van der Waals surface area contributed by atoms with E-state index in [0.717, 1.165) is 30.4 Å². The van der Waals surface area contributed by atoms with Crippen LogP contribution in [-0.2, 0) is 19.4 Å². The highest BCUT2D eigenvalue weighted by Gasteiger charge is 2.21. The van der Waals surface area contributed by atoms with Gasteiger partial charge < -0.3 is 10.2 Å². The van der Waals surface area contributed by atoms with Gasteiger partial charge in [-0.1, -0.05) is 11.6 Å². The summed E-state index contributed by atoms with van der Waals surface area (Å²) in [6, 6.07) is 0. The molecule has 0 saturated heterocycles. The van der Waals surface area contributed by atoms with Crippen LogP contribution in [-0.4, -0.2) is 10.2 Å². The van der Waals surface area contributed by atoms with Gasteiger partial charge in [-0.05, 0) is 49.3 Å². The molecule has 1 aliphatic carbocycles. The molecule has 1 aromatic rings. The van der Waals surface area contributed by atoms with Crippen LogP contribution in [0.5, 0.6) is 5.75 Å². The summed E-state index contributed by atoms with van der Waals surface area (Å²) in [6.45, 7) is 1.80. The number of rotatable bonds is 1.